The van der Waals surface area contributed by atoms with E-state index < -0.39 is 0 Å². The number of amides is 2. The molecule has 6 nitrogen and oxygen atoms in total. The Bertz CT molecular complexity index is 983. The maximum absolute atomic E-state index is 13.2. The van der Waals surface area contributed by atoms with Crippen LogP contribution in [0.1, 0.15) is 38.2 Å². The van der Waals surface area contributed by atoms with Crippen LogP contribution in [0.2, 0.25) is 0 Å². The zero-order chi connectivity index (χ0) is 21.8. The third-order valence-corrected chi connectivity index (χ3v) is 6.01. The minimum absolute atomic E-state index is 0.0393. The van der Waals surface area contributed by atoms with E-state index in [0.717, 1.165) is 30.6 Å². The van der Waals surface area contributed by atoms with Crippen molar-refractivity contribution in [2.24, 2.45) is 5.92 Å². The van der Waals surface area contributed by atoms with Crippen LogP contribution in [-0.2, 0) is 9.59 Å². The zero-order valence-electron chi connectivity index (χ0n) is 18.0. The molecule has 1 saturated carbocycles. The molecule has 0 radical (unpaired) electrons. The SMILES string of the molecule is COc1ccc(/C=C2\Oc3ccccc3N(CC(=O)NC3CCCCC3C)C2=O)cc1. The Morgan fingerprint density at radius 2 is 1.90 bits per heavy atom. The van der Waals surface area contributed by atoms with E-state index in [-0.39, 0.29) is 30.2 Å². The van der Waals surface area contributed by atoms with E-state index in [1.807, 2.05) is 36.4 Å². The summed E-state index contributed by atoms with van der Waals surface area (Å²) in [6, 6.07) is 14.8. The predicted molar refractivity (Wildman–Crippen MR) is 120 cm³/mol. The minimum Gasteiger partial charge on any atom is -0.497 e. The Morgan fingerprint density at radius 3 is 2.65 bits per heavy atom. The van der Waals surface area contributed by atoms with Gasteiger partial charge in [-0.2, -0.15) is 0 Å². The number of carbonyl (C=O) groups is 2. The van der Waals surface area contributed by atoms with Crippen LogP contribution in [0.25, 0.3) is 6.08 Å². The van der Waals surface area contributed by atoms with Crippen LogP contribution in [0.15, 0.2) is 54.3 Å². The lowest BCUT2D eigenvalue weighted by molar-refractivity contribution is -0.124. The van der Waals surface area contributed by atoms with Gasteiger partial charge in [-0.05, 0) is 54.7 Å². The van der Waals surface area contributed by atoms with Crippen molar-refractivity contribution < 1.29 is 19.1 Å². The first-order valence-corrected chi connectivity index (χ1v) is 10.8. The summed E-state index contributed by atoms with van der Waals surface area (Å²) >= 11 is 0. The Kier molecular flexibility index (Phi) is 6.26. The van der Waals surface area contributed by atoms with Gasteiger partial charge in [0.2, 0.25) is 5.91 Å². The van der Waals surface area contributed by atoms with Crippen LogP contribution < -0.4 is 19.7 Å². The molecule has 1 aliphatic carbocycles. The first-order chi connectivity index (χ1) is 15.0. The predicted octanol–water partition coefficient (Wildman–Crippen LogP) is 4.16. The number of benzene rings is 2. The maximum Gasteiger partial charge on any atom is 0.294 e. The Hall–Kier alpha value is -3.28. The molecule has 0 aromatic heterocycles. The number of nitrogens with zero attached hydrogens (tertiary/aromatic N) is 1. The van der Waals surface area contributed by atoms with Crippen molar-refractivity contribution >= 4 is 23.6 Å². The molecule has 2 aliphatic rings. The molecule has 1 N–H and O–H groups in total. The summed E-state index contributed by atoms with van der Waals surface area (Å²) in [5, 5.41) is 3.14. The number of anilines is 1. The molecule has 1 fully saturated rings. The second-order valence-corrected chi connectivity index (χ2v) is 8.18. The van der Waals surface area contributed by atoms with Gasteiger partial charge in [0.05, 0.1) is 12.8 Å². The van der Waals surface area contributed by atoms with Gasteiger partial charge in [0.15, 0.2) is 11.5 Å². The van der Waals surface area contributed by atoms with Crippen LogP contribution in [0.5, 0.6) is 11.5 Å². The third-order valence-electron chi connectivity index (χ3n) is 6.01. The average Bonchev–Trinajstić information content (AvgIpc) is 2.78. The molecular formula is C25H28N2O4. The highest BCUT2D eigenvalue weighted by Gasteiger charge is 2.32. The summed E-state index contributed by atoms with van der Waals surface area (Å²) in [4.78, 5) is 27.6. The van der Waals surface area contributed by atoms with Crippen molar-refractivity contribution in [3.63, 3.8) is 0 Å². The van der Waals surface area contributed by atoms with Gasteiger partial charge in [-0.1, -0.05) is 44.0 Å². The van der Waals surface area contributed by atoms with Gasteiger partial charge in [0.1, 0.15) is 12.3 Å². The van der Waals surface area contributed by atoms with Gasteiger partial charge in [-0.15, -0.1) is 0 Å². The lowest BCUT2D eigenvalue weighted by atomic mass is 9.86. The molecule has 1 aliphatic heterocycles. The fourth-order valence-corrected chi connectivity index (χ4v) is 4.20. The zero-order valence-corrected chi connectivity index (χ0v) is 18.0. The highest BCUT2D eigenvalue weighted by molar-refractivity contribution is 6.12. The summed E-state index contributed by atoms with van der Waals surface area (Å²) in [5.41, 5.74) is 1.41. The van der Waals surface area contributed by atoms with Crippen molar-refractivity contribution in [1.29, 1.82) is 0 Å². The molecule has 2 amide bonds. The topological polar surface area (TPSA) is 67.9 Å². The van der Waals surface area contributed by atoms with Gasteiger partial charge >= 0.3 is 0 Å². The van der Waals surface area contributed by atoms with Gasteiger partial charge in [0, 0.05) is 6.04 Å². The summed E-state index contributed by atoms with van der Waals surface area (Å²) in [6.45, 7) is 2.14. The molecule has 4 rings (SSSR count). The number of rotatable bonds is 5. The molecule has 31 heavy (non-hydrogen) atoms. The summed E-state index contributed by atoms with van der Waals surface area (Å²) < 4.78 is 11.1. The summed E-state index contributed by atoms with van der Waals surface area (Å²) in [6.07, 6.45) is 6.14. The van der Waals surface area contributed by atoms with E-state index in [0.29, 0.717) is 17.4 Å². The number of carbonyl (C=O) groups excluding carboxylic acids is 2. The number of hydrogen-bond donors (Lipinski definition) is 1. The lowest BCUT2D eigenvalue weighted by Crippen LogP contribution is -2.48. The molecule has 0 saturated heterocycles. The van der Waals surface area contributed by atoms with E-state index in [1.165, 1.54) is 11.3 Å². The van der Waals surface area contributed by atoms with Crippen molar-refractivity contribution in [3.05, 3.63) is 59.9 Å². The van der Waals surface area contributed by atoms with Crippen molar-refractivity contribution in [2.45, 2.75) is 38.6 Å². The molecule has 2 aromatic carbocycles. The van der Waals surface area contributed by atoms with E-state index in [2.05, 4.69) is 12.2 Å². The second-order valence-electron chi connectivity index (χ2n) is 8.18. The molecule has 162 valence electrons. The highest BCUT2D eigenvalue weighted by atomic mass is 16.5. The fraction of sp³-hybridized carbons (Fsp3) is 0.360. The highest BCUT2D eigenvalue weighted by Crippen LogP contribution is 2.35. The standard InChI is InChI=1S/C25H28N2O4/c1-17-7-3-4-8-20(17)26-24(28)16-27-21-9-5-6-10-22(21)31-23(25(27)29)15-18-11-13-19(30-2)14-12-18/h5-6,9-15,17,20H,3-4,7-8,16H2,1-2H3,(H,26,28)/b23-15-. The quantitative estimate of drug-likeness (QED) is 0.738. The molecule has 2 unspecified atom stereocenters. The molecule has 1 heterocycles. The van der Waals surface area contributed by atoms with Crippen molar-refractivity contribution in [2.75, 3.05) is 18.6 Å². The van der Waals surface area contributed by atoms with Gasteiger partial charge in [0.25, 0.3) is 5.91 Å². The number of ether oxygens (including phenoxy) is 2. The van der Waals surface area contributed by atoms with Crippen LogP contribution in [0.4, 0.5) is 5.69 Å². The van der Waals surface area contributed by atoms with Crippen LogP contribution >= 0.6 is 0 Å². The van der Waals surface area contributed by atoms with E-state index in [1.54, 1.807) is 25.3 Å². The van der Waals surface area contributed by atoms with Gasteiger partial charge in [-0.25, -0.2) is 0 Å². The number of para-hydroxylation sites is 2. The molecule has 2 atom stereocenters. The molecule has 0 spiro atoms. The molecule has 6 heteroatoms. The average molecular weight is 421 g/mol. The molecule has 0 bridgehead atoms. The van der Waals surface area contributed by atoms with E-state index in [9.17, 15) is 9.59 Å². The smallest absolute Gasteiger partial charge is 0.294 e. The lowest BCUT2D eigenvalue weighted by Gasteiger charge is -2.32. The van der Waals surface area contributed by atoms with Crippen molar-refractivity contribution in [1.82, 2.24) is 5.32 Å². The van der Waals surface area contributed by atoms with Gasteiger partial charge in [-0.3, -0.25) is 14.5 Å². The fourth-order valence-electron chi connectivity index (χ4n) is 4.20. The van der Waals surface area contributed by atoms with E-state index >= 15 is 0 Å². The summed E-state index contributed by atoms with van der Waals surface area (Å²) in [5.74, 6) is 1.45. The number of methoxy groups -OCH3 is 1. The Balaban J connectivity index is 1.56. The number of fused-ring (bicyclic) bond motifs is 1. The molecule has 2 aromatic rings. The first-order valence-electron chi connectivity index (χ1n) is 10.8. The third kappa shape index (κ3) is 4.74. The maximum atomic E-state index is 13.2. The van der Waals surface area contributed by atoms with Crippen LogP contribution in [0.3, 0.4) is 0 Å². The Labute approximate surface area is 182 Å². The summed E-state index contributed by atoms with van der Waals surface area (Å²) in [7, 11) is 1.61. The van der Waals surface area contributed by atoms with E-state index in [4.69, 9.17) is 9.47 Å². The molecular weight excluding hydrogens is 392 g/mol. The normalized spacial score (nSPS) is 21.9. The van der Waals surface area contributed by atoms with Crippen molar-refractivity contribution in [3.8, 4) is 11.5 Å². The van der Waals surface area contributed by atoms with Crippen LogP contribution in [0, 0.1) is 5.92 Å². The Morgan fingerprint density at radius 1 is 1.16 bits per heavy atom. The first kappa shape index (κ1) is 21.0. The second kappa shape index (κ2) is 9.25. The van der Waals surface area contributed by atoms with Crippen LogP contribution in [-0.4, -0.2) is 31.5 Å². The minimum atomic E-state index is -0.332. The number of hydrogen-bond acceptors (Lipinski definition) is 4. The monoisotopic (exact) mass is 420 g/mol. The largest absolute Gasteiger partial charge is 0.497 e. The van der Waals surface area contributed by atoms with Gasteiger partial charge < -0.3 is 14.8 Å². The number of nitrogens with one attached hydrogen (secondary N) is 1.